The number of hydrogen-bond acceptors (Lipinski definition) is 2. The van der Waals surface area contributed by atoms with Crippen LogP contribution in [0.5, 0.6) is 5.75 Å². The van der Waals surface area contributed by atoms with Crippen LogP contribution in [0.15, 0.2) is 18.2 Å². The maximum Gasteiger partial charge on any atom is 0.138 e. The monoisotopic (exact) mass is 317 g/mol. The minimum Gasteiger partial charge on any atom is -0.487 e. The van der Waals surface area contributed by atoms with Gasteiger partial charge in [-0.15, -0.1) is 0 Å². The lowest BCUT2D eigenvalue weighted by Crippen LogP contribution is -2.30. The van der Waals surface area contributed by atoms with Crippen LogP contribution in [0, 0.1) is 3.57 Å². The highest BCUT2D eigenvalue weighted by molar-refractivity contribution is 14.1. The first kappa shape index (κ1) is 11.2. The maximum atomic E-state index is 5.98. The number of benzene rings is 1. The third-order valence-electron chi connectivity index (χ3n) is 2.80. The Morgan fingerprint density at radius 1 is 1.40 bits per heavy atom. The van der Waals surface area contributed by atoms with Gasteiger partial charge in [-0.05, 0) is 41.6 Å². The highest BCUT2D eigenvalue weighted by atomic mass is 127. The Kier molecular flexibility index (Phi) is 3.51. The normalized spacial score (nSPS) is 23.7. The standard InChI is InChI=1S/C12H16INO/c1-3-10-11(14-4-2)8-6-5-7-9(13)12(8)15-10/h5-7,10-11,14H,3-4H2,1-2H3. The number of nitrogens with one attached hydrogen (secondary N) is 1. The summed E-state index contributed by atoms with van der Waals surface area (Å²) in [5, 5.41) is 3.50. The second-order valence-electron chi connectivity index (χ2n) is 3.76. The summed E-state index contributed by atoms with van der Waals surface area (Å²) < 4.78 is 7.19. The van der Waals surface area contributed by atoms with E-state index < -0.39 is 0 Å². The highest BCUT2D eigenvalue weighted by Gasteiger charge is 2.33. The SMILES string of the molecule is CCNC1c2cccc(I)c2OC1CC. The van der Waals surface area contributed by atoms with Crippen molar-refractivity contribution in [3.63, 3.8) is 0 Å². The molecule has 1 heterocycles. The molecule has 2 nitrogen and oxygen atoms in total. The smallest absolute Gasteiger partial charge is 0.138 e. The zero-order chi connectivity index (χ0) is 10.8. The molecule has 1 N–H and O–H groups in total. The lowest BCUT2D eigenvalue weighted by Gasteiger charge is -2.17. The minimum atomic E-state index is 0.288. The van der Waals surface area contributed by atoms with Crippen LogP contribution in [-0.2, 0) is 0 Å². The first-order valence-electron chi connectivity index (χ1n) is 5.46. The highest BCUT2D eigenvalue weighted by Crippen LogP contribution is 2.40. The predicted molar refractivity (Wildman–Crippen MR) is 70.3 cm³/mol. The van der Waals surface area contributed by atoms with Crippen molar-refractivity contribution in [2.24, 2.45) is 0 Å². The minimum absolute atomic E-state index is 0.288. The van der Waals surface area contributed by atoms with Gasteiger partial charge in [-0.2, -0.15) is 0 Å². The van der Waals surface area contributed by atoms with Gasteiger partial charge in [0.15, 0.2) is 0 Å². The van der Waals surface area contributed by atoms with Crippen molar-refractivity contribution in [3.05, 3.63) is 27.3 Å². The molecule has 1 aromatic rings. The topological polar surface area (TPSA) is 21.3 Å². The first-order chi connectivity index (χ1) is 7.27. The van der Waals surface area contributed by atoms with Gasteiger partial charge in [0.2, 0.25) is 0 Å². The molecule has 0 fully saturated rings. The molecule has 0 spiro atoms. The van der Waals surface area contributed by atoms with Crippen LogP contribution >= 0.6 is 22.6 Å². The van der Waals surface area contributed by atoms with E-state index in [1.807, 2.05) is 0 Å². The average Bonchev–Trinajstić information content (AvgIpc) is 2.59. The second kappa shape index (κ2) is 4.70. The number of ether oxygens (including phenoxy) is 1. The molecular formula is C12H16INO. The molecule has 1 aliphatic heterocycles. The Morgan fingerprint density at radius 3 is 2.87 bits per heavy atom. The fourth-order valence-electron chi connectivity index (χ4n) is 2.09. The van der Waals surface area contributed by atoms with Gasteiger partial charge < -0.3 is 10.1 Å². The zero-order valence-electron chi connectivity index (χ0n) is 9.09. The fourth-order valence-corrected chi connectivity index (χ4v) is 2.74. The van der Waals surface area contributed by atoms with Crippen molar-refractivity contribution < 1.29 is 4.74 Å². The van der Waals surface area contributed by atoms with E-state index in [2.05, 4.69) is 60.0 Å². The molecule has 0 aromatic heterocycles. The van der Waals surface area contributed by atoms with Crippen LogP contribution in [0.4, 0.5) is 0 Å². The summed E-state index contributed by atoms with van der Waals surface area (Å²) in [7, 11) is 0. The van der Waals surface area contributed by atoms with Crippen LogP contribution in [0.25, 0.3) is 0 Å². The molecule has 3 heteroatoms. The van der Waals surface area contributed by atoms with Gasteiger partial charge in [-0.3, -0.25) is 0 Å². The predicted octanol–water partition coefficient (Wildman–Crippen LogP) is 3.11. The van der Waals surface area contributed by atoms with Crippen molar-refractivity contribution in [1.29, 1.82) is 0 Å². The molecular weight excluding hydrogens is 301 g/mol. The number of rotatable bonds is 3. The second-order valence-corrected chi connectivity index (χ2v) is 4.92. The zero-order valence-corrected chi connectivity index (χ0v) is 11.2. The van der Waals surface area contributed by atoms with E-state index in [9.17, 15) is 0 Å². The van der Waals surface area contributed by atoms with Gasteiger partial charge in [-0.25, -0.2) is 0 Å². The van der Waals surface area contributed by atoms with Crippen molar-refractivity contribution in [2.75, 3.05) is 6.54 Å². The summed E-state index contributed by atoms with van der Waals surface area (Å²) in [4.78, 5) is 0. The molecule has 1 aromatic carbocycles. The number of halogens is 1. The van der Waals surface area contributed by atoms with Gasteiger partial charge in [0.25, 0.3) is 0 Å². The third-order valence-corrected chi connectivity index (χ3v) is 3.65. The summed E-state index contributed by atoms with van der Waals surface area (Å²) >= 11 is 2.34. The Balaban J connectivity index is 2.35. The Bertz CT molecular complexity index is 353. The van der Waals surface area contributed by atoms with E-state index in [-0.39, 0.29) is 6.10 Å². The summed E-state index contributed by atoms with van der Waals surface area (Å²) in [6.45, 7) is 5.29. The summed E-state index contributed by atoms with van der Waals surface area (Å²) in [6, 6.07) is 6.73. The average molecular weight is 317 g/mol. The van der Waals surface area contributed by atoms with Crippen molar-refractivity contribution >= 4 is 22.6 Å². The summed E-state index contributed by atoms with van der Waals surface area (Å²) in [6.07, 6.45) is 1.33. The molecule has 1 aliphatic rings. The van der Waals surface area contributed by atoms with E-state index in [4.69, 9.17) is 4.74 Å². The molecule has 0 amide bonds. The molecule has 0 saturated carbocycles. The van der Waals surface area contributed by atoms with Gasteiger partial charge in [-0.1, -0.05) is 26.0 Å². The van der Waals surface area contributed by atoms with Crippen LogP contribution in [-0.4, -0.2) is 12.6 Å². The Hall–Kier alpha value is -0.290. The number of likely N-dealkylation sites (N-methyl/N-ethyl adjacent to an activating group) is 1. The Labute approximate surface area is 105 Å². The van der Waals surface area contributed by atoms with E-state index in [1.165, 1.54) is 9.13 Å². The van der Waals surface area contributed by atoms with Crippen molar-refractivity contribution in [1.82, 2.24) is 5.32 Å². The Morgan fingerprint density at radius 2 is 2.20 bits per heavy atom. The molecule has 2 atom stereocenters. The van der Waals surface area contributed by atoms with Crippen LogP contribution < -0.4 is 10.1 Å². The molecule has 82 valence electrons. The largest absolute Gasteiger partial charge is 0.487 e. The molecule has 0 bridgehead atoms. The third kappa shape index (κ3) is 1.99. The molecule has 0 aliphatic carbocycles. The molecule has 15 heavy (non-hydrogen) atoms. The lowest BCUT2D eigenvalue weighted by atomic mass is 10.0. The van der Waals surface area contributed by atoms with E-state index in [0.717, 1.165) is 18.7 Å². The van der Waals surface area contributed by atoms with E-state index in [1.54, 1.807) is 0 Å². The van der Waals surface area contributed by atoms with Crippen LogP contribution in [0.3, 0.4) is 0 Å². The fraction of sp³-hybridized carbons (Fsp3) is 0.500. The lowest BCUT2D eigenvalue weighted by molar-refractivity contribution is 0.185. The van der Waals surface area contributed by atoms with Gasteiger partial charge in [0.05, 0.1) is 9.61 Å². The number of hydrogen-bond donors (Lipinski definition) is 1. The van der Waals surface area contributed by atoms with Gasteiger partial charge in [0, 0.05) is 5.56 Å². The van der Waals surface area contributed by atoms with Gasteiger partial charge >= 0.3 is 0 Å². The van der Waals surface area contributed by atoms with Crippen LogP contribution in [0.2, 0.25) is 0 Å². The molecule has 0 saturated heterocycles. The van der Waals surface area contributed by atoms with Crippen LogP contribution in [0.1, 0.15) is 31.9 Å². The maximum absolute atomic E-state index is 5.98. The molecule has 2 rings (SSSR count). The first-order valence-corrected chi connectivity index (χ1v) is 6.54. The summed E-state index contributed by atoms with van der Waals surface area (Å²) in [5.74, 6) is 1.08. The number of para-hydroxylation sites is 1. The molecule has 2 unspecified atom stereocenters. The van der Waals surface area contributed by atoms with E-state index >= 15 is 0 Å². The molecule has 0 radical (unpaired) electrons. The summed E-state index contributed by atoms with van der Waals surface area (Å²) in [5.41, 5.74) is 1.32. The van der Waals surface area contributed by atoms with Gasteiger partial charge in [0.1, 0.15) is 11.9 Å². The number of fused-ring (bicyclic) bond motifs is 1. The van der Waals surface area contributed by atoms with Crippen molar-refractivity contribution in [2.45, 2.75) is 32.4 Å². The van der Waals surface area contributed by atoms with Crippen molar-refractivity contribution in [3.8, 4) is 5.75 Å². The van der Waals surface area contributed by atoms with E-state index in [0.29, 0.717) is 6.04 Å². The quantitative estimate of drug-likeness (QED) is 0.865.